The van der Waals surface area contributed by atoms with E-state index in [0.29, 0.717) is 5.82 Å². The third kappa shape index (κ3) is 4.20. The highest BCUT2D eigenvalue weighted by Crippen LogP contribution is 2.15. The van der Waals surface area contributed by atoms with Crippen LogP contribution in [0.5, 0.6) is 0 Å². The fraction of sp³-hybridized carbons (Fsp3) is 0.583. The van der Waals surface area contributed by atoms with Crippen LogP contribution in [0.1, 0.15) is 19.8 Å². The smallest absolute Gasteiger partial charge is 0.323 e. The van der Waals surface area contributed by atoms with E-state index in [4.69, 9.17) is 5.11 Å². The Labute approximate surface area is 107 Å². The molecule has 0 bridgehead atoms. The molecular formula is C12H20N4O2. The van der Waals surface area contributed by atoms with Crippen LogP contribution in [0.25, 0.3) is 0 Å². The van der Waals surface area contributed by atoms with Crippen molar-refractivity contribution in [3.05, 3.63) is 12.4 Å². The average Bonchev–Trinajstić information content (AvgIpc) is 2.35. The summed E-state index contributed by atoms with van der Waals surface area (Å²) < 4.78 is 0. The molecule has 0 saturated heterocycles. The molecular weight excluding hydrogens is 232 g/mol. The number of aliphatic carboxylic acids is 1. The number of hydrogen-bond acceptors (Lipinski definition) is 5. The molecule has 0 aliphatic rings. The van der Waals surface area contributed by atoms with E-state index in [2.05, 4.69) is 16.9 Å². The van der Waals surface area contributed by atoms with Gasteiger partial charge in [0.1, 0.15) is 24.5 Å². The van der Waals surface area contributed by atoms with Crippen molar-refractivity contribution in [3.63, 3.8) is 0 Å². The summed E-state index contributed by atoms with van der Waals surface area (Å²) >= 11 is 0. The van der Waals surface area contributed by atoms with Gasteiger partial charge in [0.25, 0.3) is 0 Å². The zero-order valence-electron chi connectivity index (χ0n) is 11.1. The Balaban J connectivity index is 2.75. The predicted octanol–water partition coefficient (Wildman–Crippen LogP) is 1.23. The molecule has 1 N–H and O–H groups in total. The quantitative estimate of drug-likeness (QED) is 0.787. The van der Waals surface area contributed by atoms with Crippen LogP contribution >= 0.6 is 0 Å². The van der Waals surface area contributed by atoms with Crippen molar-refractivity contribution in [1.29, 1.82) is 0 Å². The van der Waals surface area contributed by atoms with E-state index >= 15 is 0 Å². The number of unbranched alkanes of at least 4 members (excludes halogenated alkanes) is 1. The maximum atomic E-state index is 10.6. The number of carboxylic acids is 1. The highest BCUT2D eigenvalue weighted by Gasteiger charge is 2.09. The number of likely N-dealkylation sites (N-methyl/N-ethyl adjacent to an activating group) is 1. The zero-order valence-corrected chi connectivity index (χ0v) is 11.1. The van der Waals surface area contributed by atoms with Gasteiger partial charge in [0.15, 0.2) is 0 Å². The normalized spacial score (nSPS) is 10.2. The predicted molar refractivity (Wildman–Crippen MR) is 71.1 cm³/mol. The van der Waals surface area contributed by atoms with Crippen molar-refractivity contribution in [1.82, 2.24) is 9.97 Å². The highest BCUT2D eigenvalue weighted by atomic mass is 16.4. The maximum absolute atomic E-state index is 10.6. The number of aromatic nitrogens is 2. The molecule has 18 heavy (non-hydrogen) atoms. The minimum Gasteiger partial charge on any atom is -0.480 e. The lowest BCUT2D eigenvalue weighted by Crippen LogP contribution is -2.27. The molecule has 0 saturated carbocycles. The molecule has 0 unspecified atom stereocenters. The molecule has 0 aliphatic heterocycles. The van der Waals surface area contributed by atoms with Gasteiger partial charge in [-0.25, -0.2) is 9.97 Å². The average molecular weight is 252 g/mol. The van der Waals surface area contributed by atoms with Crippen LogP contribution in [0.4, 0.5) is 11.6 Å². The van der Waals surface area contributed by atoms with Crippen molar-refractivity contribution in [2.75, 3.05) is 37.0 Å². The van der Waals surface area contributed by atoms with Crippen molar-refractivity contribution in [3.8, 4) is 0 Å². The molecule has 0 spiro atoms. The minimum absolute atomic E-state index is 0.0743. The van der Waals surface area contributed by atoms with E-state index in [0.717, 1.165) is 25.2 Å². The van der Waals surface area contributed by atoms with Crippen molar-refractivity contribution in [2.45, 2.75) is 19.8 Å². The summed E-state index contributed by atoms with van der Waals surface area (Å²) in [6.45, 7) is 2.99. The fourth-order valence-corrected chi connectivity index (χ4v) is 1.55. The number of rotatable bonds is 7. The lowest BCUT2D eigenvalue weighted by Gasteiger charge is -2.20. The Morgan fingerprint density at radius 3 is 2.44 bits per heavy atom. The number of carbonyl (C=O) groups is 1. The third-order valence-corrected chi connectivity index (χ3v) is 2.64. The molecule has 6 nitrogen and oxygen atoms in total. The topological polar surface area (TPSA) is 69.6 Å². The van der Waals surface area contributed by atoms with Gasteiger partial charge in [0.05, 0.1) is 0 Å². The molecule has 0 fully saturated rings. The van der Waals surface area contributed by atoms with Gasteiger partial charge in [-0.2, -0.15) is 0 Å². The molecule has 0 aliphatic carbocycles. The van der Waals surface area contributed by atoms with E-state index in [1.165, 1.54) is 6.33 Å². The number of hydrogen-bond donors (Lipinski definition) is 1. The molecule has 0 amide bonds. The SMILES string of the molecule is CCCCN(C)c1cc(N(C)CC(=O)O)ncn1. The monoisotopic (exact) mass is 252 g/mol. The van der Waals surface area contributed by atoms with E-state index < -0.39 is 5.97 Å². The summed E-state index contributed by atoms with van der Waals surface area (Å²) in [5, 5.41) is 8.74. The number of anilines is 2. The van der Waals surface area contributed by atoms with Crippen LogP contribution in [0.15, 0.2) is 12.4 Å². The van der Waals surface area contributed by atoms with E-state index in [9.17, 15) is 4.79 Å². The van der Waals surface area contributed by atoms with Crippen LogP contribution in [0.2, 0.25) is 0 Å². The molecule has 1 rings (SSSR count). The Hall–Kier alpha value is -1.85. The minimum atomic E-state index is -0.878. The van der Waals surface area contributed by atoms with E-state index in [1.807, 2.05) is 11.9 Å². The van der Waals surface area contributed by atoms with Gasteiger partial charge in [0.2, 0.25) is 0 Å². The zero-order chi connectivity index (χ0) is 13.5. The fourth-order valence-electron chi connectivity index (χ4n) is 1.55. The standard InChI is InChI=1S/C12H20N4O2/c1-4-5-6-15(2)10-7-11(14-9-13-10)16(3)8-12(17)18/h7,9H,4-6,8H2,1-3H3,(H,17,18). The van der Waals surface area contributed by atoms with Crippen LogP contribution in [-0.2, 0) is 4.79 Å². The second-order valence-corrected chi connectivity index (χ2v) is 4.26. The number of nitrogens with zero attached hydrogens (tertiary/aromatic N) is 4. The lowest BCUT2D eigenvalue weighted by molar-refractivity contribution is -0.135. The molecule has 0 atom stereocenters. The van der Waals surface area contributed by atoms with Gasteiger partial charge >= 0.3 is 5.97 Å². The Morgan fingerprint density at radius 1 is 1.28 bits per heavy atom. The molecule has 100 valence electrons. The second-order valence-electron chi connectivity index (χ2n) is 4.26. The first-order valence-electron chi connectivity index (χ1n) is 6.00. The lowest BCUT2D eigenvalue weighted by atomic mass is 10.3. The van der Waals surface area contributed by atoms with Gasteiger partial charge in [-0.3, -0.25) is 4.79 Å². The van der Waals surface area contributed by atoms with Crippen LogP contribution < -0.4 is 9.80 Å². The van der Waals surface area contributed by atoms with Gasteiger partial charge < -0.3 is 14.9 Å². The first kappa shape index (κ1) is 14.2. The first-order valence-corrected chi connectivity index (χ1v) is 6.00. The molecule has 0 radical (unpaired) electrons. The molecule has 1 aromatic heterocycles. The third-order valence-electron chi connectivity index (χ3n) is 2.64. The molecule has 1 heterocycles. The Morgan fingerprint density at radius 2 is 1.89 bits per heavy atom. The van der Waals surface area contributed by atoms with Gasteiger partial charge in [-0.1, -0.05) is 13.3 Å². The summed E-state index contributed by atoms with van der Waals surface area (Å²) in [5.74, 6) is 0.549. The Bertz CT molecular complexity index is 397. The summed E-state index contributed by atoms with van der Waals surface area (Å²) in [6.07, 6.45) is 3.69. The number of carboxylic acid groups (broad SMARTS) is 1. The van der Waals surface area contributed by atoms with Crippen molar-refractivity contribution >= 4 is 17.6 Å². The van der Waals surface area contributed by atoms with Gasteiger partial charge in [0, 0.05) is 26.7 Å². The summed E-state index contributed by atoms with van der Waals surface area (Å²) in [5.41, 5.74) is 0. The van der Waals surface area contributed by atoms with Crippen molar-refractivity contribution in [2.24, 2.45) is 0 Å². The largest absolute Gasteiger partial charge is 0.480 e. The van der Waals surface area contributed by atoms with Crippen LogP contribution in [0, 0.1) is 0 Å². The molecule has 6 heteroatoms. The summed E-state index contributed by atoms with van der Waals surface area (Å²) in [4.78, 5) is 22.6. The first-order chi connectivity index (χ1) is 8.54. The summed E-state index contributed by atoms with van der Waals surface area (Å²) in [6, 6.07) is 1.80. The maximum Gasteiger partial charge on any atom is 0.323 e. The van der Waals surface area contributed by atoms with Crippen LogP contribution in [-0.4, -0.2) is 48.2 Å². The summed E-state index contributed by atoms with van der Waals surface area (Å²) in [7, 11) is 3.67. The van der Waals surface area contributed by atoms with E-state index in [-0.39, 0.29) is 6.54 Å². The Kier molecular flexibility index (Phi) is 5.35. The highest BCUT2D eigenvalue weighted by molar-refractivity contribution is 5.73. The second kappa shape index (κ2) is 6.78. The van der Waals surface area contributed by atoms with Gasteiger partial charge in [-0.05, 0) is 6.42 Å². The molecule has 0 aromatic carbocycles. The van der Waals surface area contributed by atoms with Crippen molar-refractivity contribution < 1.29 is 9.90 Å². The van der Waals surface area contributed by atoms with E-state index in [1.54, 1.807) is 18.0 Å². The molecule has 1 aromatic rings. The van der Waals surface area contributed by atoms with Gasteiger partial charge in [-0.15, -0.1) is 0 Å². The van der Waals surface area contributed by atoms with Crippen LogP contribution in [0.3, 0.4) is 0 Å².